The molecule has 1 aliphatic heterocycles. The smallest absolute Gasteiger partial charge is 0.200 e. The molecule has 0 saturated carbocycles. The van der Waals surface area contributed by atoms with Gasteiger partial charge in [0.05, 0.1) is 26.7 Å². The first kappa shape index (κ1) is 21.6. The van der Waals surface area contributed by atoms with E-state index in [0.717, 1.165) is 31.7 Å². The van der Waals surface area contributed by atoms with Crippen LogP contribution in [-0.2, 0) is 0 Å². The molecule has 2 N–H and O–H groups in total. The second-order valence-corrected chi connectivity index (χ2v) is 4.94. The number of phenols is 1. The molecule has 2 rings (SSSR count). The van der Waals surface area contributed by atoms with Crippen molar-refractivity contribution in [3.63, 3.8) is 0 Å². The minimum Gasteiger partial charge on any atom is -0.502 e. The zero-order chi connectivity index (χ0) is 15.2. The van der Waals surface area contributed by atoms with E-state index in [0.29, 0.717) is 17.9 Å². The molecule has 0 aliphatic carbocycles. The van der Waals surface area contributed by atoms with E-state index in [9.17, 15) is 5.11 Å². The summed E-state index contributed by atoms with van der Waals surface area (Å²) in [5.41, 5.74) is 0.921. The molecule has 8 heteroatoms. The van der Waals surface area contributed by atoms with Crippen LogP contribution >= 0.6 is 24.8 Å². The Bertz CT molecular complexity index is 506. The van der Waals surface area contributed by atoms with Crippen LogP contribution in [-0.4, -0.2) is 50.4 Å². The van der Waals surface area contributed by atoms with Crippen LogP contribution in [0.25, 0.3) is 0 Å². The molecule has 6 nitrogen and oxygen atoms in total. The molecule has 1 saturated heterocycles. The molecule has 1 heterocycles. The van der Waals surface area contributed by atoms with Crippen LogP contribution in [0.1, 0.15) is 18.0 Å². The van der Waals surface area contributed by atoms with Gasteiger partial charge in [-0.25, -0.2) is 0 Å². The Labute approximate surface area is 149 Å². The maximum Gasteiger partial charge on any atom is 0.200 e. The van der Waals surface area contributed by atoms with Crippen molar-refractivity contribution in [1.29, 1.82) is 5.26 Å². The van der Waals surface area contributed by atoms with Crippen LogP contribution in [0.4, 0.5) is 0 Å². The number of rotatable bonds is 5. The normalized spacial score (nSPS) is 15.5. The highest BCUT2D eigenvalue weighted by Gasteiger charge is 2.24. The number of phenolic OH excluding ortho intramolecular Hbond substituents is 1. The van der Waals surface area contributed by atoms with Crippen LogP contribution in [0.15, 0.2) is 12.1 Å². The van der Waals surface area contributed by atoms with E-state index in [4.69, 9.17) is 14.7 Å². The number of ether oxygens (including phenoxy) is 2. The summed E-state index contributed by atoms with van der Waals surface area (Å²) in [4.78, 5) is 2.27. The molecule has 0 spiro atoms. The largest absolute Gasteiger partial charge is 0.502 e. The third-order valence-corrected chi connectivity index (χ3v) is 3.76. The van der Waals surface area contributed by atoms with Crippen molar-refractivity contribution >= 4 is 24.8 Å². The van der Waals surface area contributed by atoms with Crippen LogP contribution in [0, 0.1) is 11.3 Å². The molecule has 0 bridgehead atoms. The van der Waals surface area contributed by atoms with Crippen molar-refractivity contribution in [2.75, 3.05) is 40.4 Å². The molecule has 0 unspecified atom stereocenters. The SMILES string of the molecule is COc1cc([C@@H](CC#N)N2CCNCC2)cc(OC)c1O.Cl.Cl. The number of hydrogen-bond acceptors (Lipinski definition) is 6. The lowest BCUT2D eigenvalue weighted by Gasteiger charge is -2.34. The van der Waals surface area contributed by atoms with Crippen molar-refractivity contribution in [2.45, 2.75) is 12.5 Å². The first-order valence-corrected chi connectivity index (χ1v) is 6.97. The van der Waals surface area contributed by atoms with Crippen molar-refractivity contribution in [1.82, 2.24) is 10.2 Å². The number of methoxy groups -OCH3 is 2. The number of aromatic hydroxyl groups is 1. The predicted molar refractivity (Wildman–Crippen MR) is 93.1 cm³/mol. The van der Waals surface area contributed by atoms with Gasteiger partial charge in [-0.1, -0.05) is 0 Å². The highest BCUT2D eigenvalue weighted by atomic mass is 35.5. The average molecular weight is 364 g/mol. The van der Waals surface area contributed by atoms with E-state index in [-0.39, 0.29) is 36.6 Å². The van der Waals surface area contributed by atoms with Gasteiger partial charge in [0.1, 0.15) is 0 Å². The Kier molecular flexibility index (Phi) is 9.77. The Morgan fingerprint density at radius 3 is 2.17 bits per heavy atom. The lowest BCUT2D eigenvalue weighted by atomic mass is 10.0. The summed E-state index contributed by atoms with van der Waals surface area (Å²) in [6, 6.07) is 5.78. The van der Waals surface area contributed by atoms with Gasteiger partial charge in [0.2, 0.25) is 5.75 Å². The summed E-state index contributed by atoms with van der Waals surface area (Å²) in [5, 5.41) is 22.4. The third kappa shape index (κ3) is 5.05. The van der Waals surface area contributed by atoms with E-state index >= 15 is 0 Å². The number of nitrogens with one attached hydrogen (secondary N) is 1. The van der Waals surface area contributed by atoms with Crippen LogP contribution in [0.2, 0.25) is 0 Å². The van der Waals surface area contributed by atoms with Crippen molar-refractivity contribution in [3.05, 3.63) is 17.7 Å². The molecule has 23 heavy (non-hydrogen) atoms. The second kappa shape index (κ2) is 10.4. The second-order valence-electron chi connectivity index (χ2n) is 4.94. The van der Waals surface area contributed by atoms with Crippen molar-refractivity contribution < 1.29 is 14.6 Å². The first-order valence-electron chi connectivity index (χ1n) is 6.97. The van der Waals surface area contributed by atoms with Gasteiger partial charge in [0, 0.05) is 32.2 Å². The van der Waals surface area contributed by atoms with Gasteiger partial charge >= 0.3 is 0 Å². The molecular formula is C15H23Cl2N3O3. The van der Waals surface area contributed by atoms with E-state index < -0.39 is 0 Å². The maximum atomic E-state index is 10.00. The monoisotopic (exact) mass is 363 g/mol. The molecule has 1 aromatic carbocycles. The minimum atomic E-state index is -0.0273. The van der Waals surface area contributed by atoms with E-state index in [1.54, 1.807) is 12.1 Å². The third-order valence-electron chi connectivity index (χ3n) is 3.76. The maximum absolute atomic E-state index is 10.00. The molecule has 130 valence electrons. The molecular weight excluding hydrogens is 341 g/mol. The van der Waals surface area contributed by atoms with Gasteiger partial charge < -0.3 is 19.9 Å². The molecule has 1 fully saturated rings. The number of halogens is 2. The van der Waals surface area contributed by atoms with Crippen molar-refractivity contribution in [2.24, 2.45) is 0 Å². The number of hydrogen-bond donors (Lipinski definition) is 2. The van der Waals surface area contributed by atoms with Gasteiger partial charge in [-0.2, -0.15) is 5.26 Å². The fourth-order valence-corrected chi connectivity index (χ4v) is 2.64. The topological polar surface area (TPSA) is 77.8 Å². The standard InChI is InChI=1S/C15H21N3O3.2ClH/c1-20-13-9-11(10-14(21-2)15(13)19)12(3-4-16)18-7-5-17-6-8-18;;/h9-10,12,17,19H,3,5-8H2,1-2H3;2*1H/t12-;;/m1../s1. The van der Waals surface area contributed by atoms with E-state index in [2.05, 4.69) is 16.3 Å². The average Bonchev–Trinajstić information content (AvgIpc) is 2.54. The van der Waals surface area contributed by atoms with Gasteiger partial charge in [0.15, 0.2) is 11.5 Å². The molecule has 0 amide bonds. The Morgan fingerprint density at radius 2 is 1.74 bits per heavy atom. The fraction of sp³-hybridized carbons (Fsp3) is 0.533. The Hall–Kier alpha value is -1.39. The molecule has 1 aromatic rings. The molecule has 0 radical (unpaired) electrons. The van der Waals surface area contributed by atoms with Gasteiger partial charge in [0.25, 0.3) is 0 Å². The zero-order valence-electron chi connectivity index (χ0n) is 13.2. The molecule has 1 aliphatic rings. The van der Waals surface area contributed by atoms with Gasteiger partial charge in [-0.05, 0) is 17.7 Å². The highest BCUT2D eigenvalue weighted by Crippen LogP contribution is 2.40. The summed E-state index contributed by atoms with van der Waals surface area (Å²) < 4.78 is 10.4. The highest BCUT2D eigenvalue weighted by molar-refractivity contribution is 5.85. The summed E-state index contributed by atoms with van der Waals surface area (Å²) in [5.74, 6) is 0.713. The number of nitriles is 1. The quantitative estimate of drug-likeness (QED) is 0.833. The van der Waals surface area contributed by atoms with Crippen LogP contribution in [0.3, 0.4) is 0 Å². The summed E-state index contributed by atoms with van der Waals surface area (Å²) >= 11 is 0. The number of nitrogens with zero attached hydrogens (tertiary/aromatic N) is 2. The summed E-state index contributed by atoms with van der Waals surface area (Å²) in [6.45, 7) is 3.60. The zero-order valence-corrected chi connectivity index (χ0v) is 14.9. The summed E-state index contributed by atoms with van der Waals surface area (Å²) in [6.07, 6.45) is 0.386. The lowest BCUT2D eigenvalue weighted by Crippen LogP contribution is -2.45. The molecule has 0 aromatic heterocycles. The van der Waals surface area contributed by atoms with Crippen LogP contribution in [0.5, 0.6) is 17.2 Å². The first-order chi connectivity index (χ1) is 10.2. The number of benzene rings is 1. The molecule has 1 atom stereocenters. The predicted octanol–water partition coefficient (Wildman–Crippen LogP) is 2.11. The minimum absolute atomic E-state index is 0. The van der Waals surface area contributed by atoms with E-state index in [1.807, 2.05) is 0 Å². The summed E-state index contributed by atoms with van der Waals surface area (Å²) in [7, 11) is 3.00. The Balaban J connectivity index is 0.00000242. The number of piperazine rings is 1. The van der Waals surface area contributed by atoms with Gasteiger partial charge in [-0.3, -0.25) is 4.90 Å². The van der Waals surface area contributed by atoms with Crippen molar-refractivity contribution in [3.8, 4) is 23.3 Å². The van der Waals surface area contributed by atoms with E-state index in [1.165, 1.54) is 14.2 Å². The lowest BCUT2D eigenvalue weighted by molar-refractivity contribution is 0.175. The fourth-order valence-electron chi connectivity index (χ4n) is 2.64. The Morgan fingerprint density at radius 1 is 1.22 bits per heavy atom. The van der Waals surface area contributed by atoms with Gasteiger partial charge in [-0.15, -0.1) is 24.8 Å². The van der Waals surface area contributed by atoms with Crippen LogP contribution < -0.4 is 14.8 Å².